The third kappa shape index (κ3) is 3.39. The summed E-state index contributed by atoms with van der Waals surface area (Å²) in [6, 6.07) is 1.40. The van der Waals surface area contributed by atoms with E-state index in [0.29, 0.717) is 18.3 Å². The fourth-order valence-corrected chi connectivity index (χ4v) is 1.94. The van der Waals surface area contributed by atoms with Gasteiger partial charge in [-0.1, -0.05) is 18.6 Å². The van der Waals surface area contributed by atoms with Gasteiger partial charge in [0, 0.05) is 6.07 Å². The maximum Gasteiger partial charge on any atom is 0.254 e. The molecule has 0 bridgehead atoms. The molecule has 1 aromatic heterocycles. The van der Waals surface area contributed by atoms with Crippen LogP contribution in [0.2, 0.25) is 0 Å². The summed E-state index contributed by atoms with van der Waals surface area (Å²) in [6.07, 6.45) is 1.34. The first kappa shape index (κ1) is 15.0. The summed E-state index contributed by atoms with van der Waals surface area (Å²) in [6.45, 7) is 3.40. The minimum absolute atomic E-state index is 0.202. The SMILES string of the molecule is CCC[C@H](NC(=O)c1cc(C)c(F)cc1F)c1nn[nH]n1. The van der Waals surface area contributed by atoms with E-state index in [4.69, 9.17) is 0 Å². The van der Waals surface area contributed by atoms with Crippen LogP contribution in [0.3, 0.4) is 0 Å². The molecule has 8 heteroatoms. The number of aromatic nitrogens is 4. The van der Waals surface area contributed by atoms with E-state index in [1.807, 2.05) is 6.92 Å². The first-order valence-corrected chi connectivity index (χ1v) is 6.52. The third-order valence-electron chi connectivity index (χ3n) is 3.05. The Balaban J connectivity index is 2.21. The number of H-pyrrole nitrogens is 1. The zero-order valence-electron chi connectivity index (χ0n) is 11.7. The van der Waals surface area contributed by atoms with Gasteiger partial charge >= 0.3 is 0 Å². The molecule has 0 aliphatic carbocycles. The van der Waals surface area contributed by atoms with E-state index in [-0.39, 0.29) is 11.1 Å². The van der Waals surface area contributed by atoms with Gasteiger partial charge in [-0.25, -0.2) is 8.78 Å². The highest BCUT2D eigenvalue weighted by atomic mass is 19.1. The molecular weight excluding hydrogens is 280 g/mol. The van der Waals surface area contributed by atoms with E-state index >= 15 is 0 Å². The number of hydrogen-bond acceptors (Lipinski definition) is 4. The Hall–Kier alpha value is -2.38. The van der Waals surface area contributed by atoms with E-state index < -0.39 is 23.6 Å². The molecule has 1 amide bonds. The molecule has 0 spiro atoms. The molecule has 0 unspecified atom stereocenters. The zero-order valence-corrected chi connectivity index (χ0v) is 11.7. The Morgan fingerprint density at radius 3 is 2.76 bits per heavy atom. The molecular formula is C13H15F2N5O. The molecule has 0 saturated heterocycles. The molecule has 112 valence electrons. The van der Waals surface area contributed by atoms with Gasteiger partial charge in [-0.3, -0.25) is 4.79 Å². The van der Waals surface area contributed by atoms with Gasteiger partial charge in [-0.05, 0) is 25.0 Å². The number of carbonyl (C=O) groups is 1. The minimum atomic E-state index is -0.904. The van der Waals surface area contributed by atoms with Gasteiger partial charge in [-0.15, -0.1) is 10.2 Å². The number of rotatable bonds is 5. The zero-order chi connectivity index (χ0) is 15.4. The molecule has 0 aliphatic rings. The van der Waals surface area contributed by atoms with Gasteiger partial charge < -0.3 is 5.32 Å². The molecule has 1 aromatic carbocycles. The van der Waals surface area contributed by atoms with E-state index in [2.05, 4.69) is 25.9 Å². The van der Waals surface area contributed by atoms with Crippen molar-refractivity contribution in [1.29, 1.82) is 0 Å². The lowest BCUT2D eigenvalue weighted by atomic mass is 10.1. The van der Waals surface area contributed by atoms with Crippen molar-refractivity contribution in [1.82, 2.24) is 25.9 Å². The van der Waals surface area contributed by atoms with Crippen LogP contribution in [-0.4, -0.2) is 26.5 Å². The molecule has 0 fully saturated rings. The molecule has 1 atom stereocenters. The number of aromatic amines is 1. The standard InChI is InChI=1S/C13H15F2N5O/c1-3-4-11(12-17-19-20-18-12)16-13(21)8-5-7(2)9(14)6-10(8)15/h5-6,11H,3-4H2,1-2H3,(H,16,21)(H,17,18,19,20)/t11-/m0/s1. The number of amides is 1. The molecule has 0 radical (unpaired) electrons. The number of hydrogen-bond donors (Lipinski definition) is 2. The number of aryl methyl sites for hydroxylation is 1. The predicted octanol–water partition coefficient (Wildman–Crippen LogP) is 2.06. The minimum Gasteiger partial charge on any atom is -0.342 e. The first-order valence-electron chi connectivity index (χ1n) is 6.52. The van der Waals surface area contributed by atoms with Gasteiger partial charge in [0.2, 0.25) is 0 Å². The fourth-order valence-electron chi connectivity index (χ4n) is 1.94. The summed E-state index contributed by atoms with van der Waals surface area (Å²) >= 11 is 0. The smallest absolute Gasteiger partial charge is 0.254 e. The lowest BCUT2D eigenvalue weighted by Gasteiger charge is -2.15. The third-order valence-corrected chi connectivity index (χ3v) is 3.05. The number of halogens is 2. The predicted molar refractivity (Wildman–Crippen MR) is 70.4 cm³/mol. The summed E-state index contributed by atoms with van der Waals surface area (Å²) in [5.74, 6) is -1.91. The van der Waals surface area contributed by atoms with Crippen molar-refractivity contribution in [3.63, 3.8) is 0 Å². The second-order valence-corrected chi connectivity index (χ2v) is 4.67. The average molecular weight is 295 g/mol. The lowest BCUT2D eigenvalue weighted by molar-refractivity contribution is 0.0928. The Morgan fingerprint density at radius 2 is 2.14 bits per heavy atom. The number of benzene rings is 1. The summed E-state index contributed by atoms with van der Waals surface area (Å²) in [5, 5.41) is 16.0. The number of carbonyl (C=O) groups excluding carboxylic acids is 1. The second-order valence-electron chi connectivity index (χ2n) is 4.67. The van der Waals surface area contributed by atoms with Gasteiger partial charge in [0.1, 0.15) is 11.6 Å². The van der Waals surface area contributed by atoms with E-state index in [1.54, 1.807) is 0 Å². The highest BCUT2D eigenvalue weighted by molar-refractivity contribution is 5.94. The maximum absolute atomic E-state index is 13.7. The van der Waals surface area contributed by atoms with Crippen molar-refractivity contribution in [2.45, 2.75) is 32.7 Å². The largest absolute Gasteiger partial charge is 0.342 e. The van der Waals surface area contributed by atoms with Crippen LogP contribution < -0.4 is 5.32 Å². The second kappa shape index (κ2) is 6.38. The molecule has 2 N–H and O–H groups in total. The van der Waals surface area contributed by atoms with Crippen molar-refractivity contribution in [3.8, 4) is 0 Å². The summed E-state index contributed by atoms with van der Waals surface area (Å²) in [5.41, 5.74) is -0.00773. The highest BCUT2D eigenvalue weighted by Gasteiger charge is 2.21. The Kier molecular flexibility index (Phi) is 4.56. The highest BCUT2D eigenvalue weighted by Crippen LogP contribution is 2.17. The van der Waals surface area contributed by atoms with E-state index in [0.717, 1.165) is 6.42 Å². The lowest BCUT2D eigenvalue weighted by Crippen LogP contribution is -2.30. The average Bonchev–Trinajstić information content (AvgIpc) is 2.96. The van der Waals surface area contributed by atoms with Crippen LogP contribution in [0.4, 0.5) is 8.78 Å². The van der Waals surface area contributed by atoms with Crippen LogP contribution in [0, 0.1) is 18.6 Å². The van der Waals surface area contributed by atoms with Gasteiger partial charge in [0.25, 0.3) is 5.91 Å². The van der Waals surface area contributed by atoms with Crippen molar-refractivity contribution in [2.75, 3.05) is 0 Å². The molecule has 21 heavy (non-hydrogen) atoms. The molecule has 2 rings (SSSR count). The van der Waals surface area contributed by atoms with Crippen LogP contribution in [-0.2, 0) is 0 Å². The fraction of sp³-hybridized carbons (Fsp3) is 0.385. The molecule has 1 heterocycles. The topological polar surface area (TPSA) is 83.6 Å². The van der Waals surface area contributed by atoms with Crippen molar-refractivity contribution in [3.05, 3.63) is 40.7 Å². The number of tetrazole rings is 1. The van der Waals surface area contributed by atoms with Gasteiger partial charge in [-0.2, -0.15) is 5.21 Å². The number of nitrogens with one attached hydrogen (secondary N) is 2. The maximum atomic E-state index is 13.7. The monoisotopic (exact) mass is 295 g/mol. The first-order chi connectivity index (χ1) is 10.0. The Bertz CT molecular complexity index is 630. The van der Waals surface area contributed by atoms with Gasteiger partial charge in [0.05, 0.1) is 11.6 Å². The Labute approximate surface area is 119 Å². The normalized spacial score (nSPS) is 12.2. The van der Waals surface area contributed by atoms with Crippen LogP contribution >= 0.6 is 0 Å². The van der Waals surface area contributed by atoms with Crippen molar-refractivity contribution >= 4 is 5.91 Å². The van der Waals surface area contributed by atoms with Gasteiger partial charge in [0.15, 0.2) is 5.82 Å². The quantitative estimate of drug-likeness (QED) is 0.884. The van der Waals surface area contributed by atoms with Crippen molar-refractivity contribution < 1.29 is 13.6 Å². The van der Waals surface area contributed by atoms with Crippen molar-refractivity contribution in [2.24, 2.45) is 0 Å². The molecule has 0 saturated carbocycles. The van der Waals surface area contributed by atoms with Crippen LogP contribution in [0.5, 0.6) is 0 Å². The summed E-state index contributed by atoms with van der Waals surface area (Å²) in [7, 11) is 0. The number of nitrogens with zero attached hydrogens (tertiary/aromatic N) is 3. The molecule has 6 nitrogen and oxygen atoms in total. The summed E-state index contributed by atoms with van der Waals surface area (Å²) < 4.78 is 26.9. The Morgan fingerprint density at radius 1 is 1.38 bits per heavy atom. The van der Waals surface area contributed by atoms with Crippen LogP contribution in [0.15, 0.2) is 12.1 Å². The van der Waals surface area contributed by atoms with E-state index in [9.17, 15) is 13.6 Å². The van der Waals surface area contributed by atoms with Crippen LogP contribution in [0.1, 0.15) is 47.6 Å². The van der Waals surface area contributed by atoms with E-state index in [1.165, 1.54) is 13.0 Å². The molecule has 0 aliphatic heterocycles. The summed E-state index contributed by atoms with van der Waals surface area (Å²) in [4.78, 5) is 12.1. The van der Waals surface area contributed by atoms with Crippen LogP contribution in [0.25, 0.3) is 0 Å². The molecule has 2 aromatic rings.